The van der Waals surface area contributed by atoms with Gasteiger partial charge in [0.15, 0.2) is 0 Å². The summed E-state index contributed by atoms with van der Waals surface area (Å²) in [6.45, 7) is 2.35. The number of carboxylic acids is 1. The van der Waals surface area contributed by atoms with E-state index in [2.05, 4.69) is 15.0 Å². The number of anilines is 1. The monoisotopic (exact) mass is 481 g/mol. The van der Waals surface area contributed by atoms with Gasteiger partial charge in [-0.25, -0.2) is 27.5 Å². The number of aromatic nitrogens is 3. The van der Waals surface area contributed by atoms with Crippen LogP contribution < -0.4 is 34.5 Å². The molecule has 1 aliphatic heterocycles. The minimum atomic E-state index is -3.32. The third kappa shape index (κ3) is 6.33. The van der Waals surface area contributed by atoms with Crippen LogP contribution in [0, 0.1) is 5.92 Å². The predicted molar refractivity (Wildman–Crippen MR) is 123 cm³/mol. The normalized spacial score (nSPS) is 15.0. The van der Waals surface area contributed by atoms with Crippen molar-refractivity contribution in [2.45, 2.75) is 19.3 Å². The number of para-hydroxylation sites is 1. The Kier molecular flexibility index (Phi) is 8.52. The van der Waals surface area contributed by atoms with Gasteiger partial charge < -0.3 is 16.4 Å². The summed E-state index contributed by atoms with van der Waals surface area (Å²) in [6, 6.07) is 8.02. The number of sulfonamides is 1. The fourth-order valence-electron chi connectivity index (χ4n) is 4.17. The summed E-state index contributed by atoms with van der Waals surface area (Å²) in [6.07, 6.45) is 8.15. The molecule has 0 radical (unpaired) electrons. The number of hydrogen-bond acceptors (Lipinski definition) is 6. The summed E-state index contributed by atoms with van der Waals surface area (Å²) in [5.74, 6) is -0.293. The Morgan fingerprint density at radius 2 is 1.91 bits per heavy atom. The van der Waals surface area contributed by atoms with Gasteiger partial charge in [-0.2, -0.15) is 0 Å². The number of nitrogens with zero attached hydrogens (tertiary/aromatic N) is 4. The van der Waals surface area contributed by atoms with Crippen molar-refractivity contribution in [3.05, 3.63) is 54.0 Å². The van der Waals surface area contributed by atoms with Crippen molar-refractivity contribution in [2.75, 3.05) is 37.3 Å². The van der Waals surface area contributed by atoms with Crippen LogP contribution >= 0.6 is 0 Å². The first-order chi connectivity index (χ1) is 15.3. The van der Waals surface area contributed by atoms with Crippen LogP contribution in [-0.2, 0) is 16.4 Å². The number of fused-ring (bicyclic) bond motifs is 1. The van der Waals surface area contributed by atoms with Crippen LogP contribution in [0.25, 0.3) is 10.9 Å². The van der Waals surface area contributed by atoms with Crippen LogP contribution in [0.1, 0.15) is 30.2 Å². The summed E-state index contributed by atoms with van der Waals surface area (Å²) >= 11 is 0. The topological polar surface area (TPSA) is 119 Å². The van der Waals surface area contributed by atoms with Crippen LogP contribution in [0.15, 0.2) is 42.9 Å². The maximum atomic E-state index is 12.4. The third-order valence-corrected chi connectivity index (χ3v) is 7.29. The molecular formula is C22H28N5NaO4S. The number of H-pyrrole nitrogens is 1. The predicted octanol–water partition coefficient (Wildman–Crippen LogP) is -0.507. The first-order valence-corrected chi connectivity index (χ1v) is 12.5. The van der Waals surface area contributed by atoms with Gasteiger partial charge in [-0.3, -0.25) is 0 Å². The van der Waals surface area contributed by atoms with Crippen LogP contribution in [-0.4, -0.2) is 71.2 Å². The molecule has 1 aliphatic rings. The fourth-order valence-corrected chi connectivity index (χ4v) is 5.08. The van der Waals surface area contributed by atoms with Crippen molar-refractivity contribution in [1.29, 1.82) is 0 Å². The minimum Gasteiger partial charge on any atom is -1.00 e. The van der Waals surface area contributed by atoms with E-state index in [-0.39, 0.29) is 42.5 Å². The number of aromatic carboxylic acids is 1. The molecule has 0 unspecified atom stereocenters. The zero-order chi connectivity index (χ0) is 22.7. The number of hydrogen-bond donors (Lipinski definition) is 2. The van der Waals surface area contributed by atoms with Crippen LogP contribution in [0.3, 0.4) is 0 Å². The summed E-state index contributed by atoms with van der Waals surface area (Å²) < 4.78 is 26.5. The molecule has 4 rings (SSSR count). The van der Waals surface area contributed by atoms with Gasteiger partial charge in [0.05, 0.1) is 11.8 Å². The summed E-state index contributed by atoms with van der Waals surface area (Å²) in [7, 11) is -3.32. The third-order valence-electron chi connectivity index (χ3n) is 6.02. The molecule has 11 heteroatoms. The Hall–Kier alpha value is -1.98. The van der Waals surface area contributed by atoms with Crippen molar-refractivity contribution in [1.82, 2.24) is 19.3 Å². The van der Waals surface area contributed by atoms with E-state index >= 15 is 0 Å². The smallest absolute Gasteiger partial charge is 1.00 e. The molecule has 0 saturated carbocycles. The van der Waals surface area contributed by atoms with Crippen molar-refractivity contribution in [3.63, 3.8) is 0 Å². The first kappa shape index (κ1) is 25.6. The van der Waals surface area contributed by atoms with E-state index in [1.54, 1.807) is 4.31 Å². The zero-order valence-corrected chi connectivity index (χ0v) is 21.8. The van der Waals surface area contributed by atoms with E-state index in [0.717, 1.165) is 29.3 Å². The molecule has 0 atom stereocenters. The summed E-state index contributed by atoms with van der Waals surface area (Å²) in [4.78, 5) is 24.5. The number of nitrogens with one attached hydrogen (secondary N) is 1. The molecule has 2 N–H and O–H groups in total. The quantitative estimate of drug-likeness (QED) is 0.416. The van der Waals surface area contributed by atoms with E-state index in [1.807, 2.05) is 35.4 Å². The van der Waals surface area contributed by atoms with Gasteiger partial charge in [-0.05, 0) is 36.8 Å². The van der Waals surface area contributed by atoms with Gasteiger partial charge in [0.2, 0.25) is 16.0 Å². The number of carboxylic acid groups (broad SMARTS) is 1. The number of carbonyl (C=O) groups is 1. The molecule has 0 spiro atoms. The number of benzene rings is 1. The molecule has 3 aromatic rings. The molecule has 1 aromatic carbocycles. The van der Waals surface area contributed by atoms with Gasteiger partial charge in [0, 0.05) is 55.7 Å². The second-order valence-electron chi connectivity index (χ2n) is 8.24. The van der Waals surface area contributed by atoms with Crippen molar-refractivity contribution in [2.24, 2.45) is 5.92 Å². The molecule has 2 aromatic heterocycles. The Morgan fingerprint density at radius 3 is 2.55 bits per heavy atom. The maximum absolute atomic E-state index is 12.4. The van der Waals surface area contributed by atoms with E-state index in [1.165, 1.54) is 18.6 Å². The first-order valence-electron chi connectivity index (χ1n) is 10.6. The second kappa shape index (κ2) is 11.0. The molecule has 172 valence electrons. The van der Waals surface area contributed by atoms with Crippen LogP contribution in [0.4, 0.5) is 5.95 Å². The van der Waals surface area contributed by atoms with E-state index in [9.17, 15) is 13.2 Å². The molecule has 0 amide bonds. The molecule has 9 nitrogen and oxygen atoms in total. The van der Waals surface area contributed by atoms with Gasteiger partial charge in [0.25, 0.3) is 0 Å². The van der Waals surface area contributed by atoms with E-state index in [0.29, 0.717) is 38.5 Å². The van der Waals surface area contributed by atoms with Gasteiger partial charge in [-0.1, -0.05) is 18.2 Å². The van der Waals surface area contributed by atoms with Gasteiger partial charge >= 0.3 is 35.5 Å². The van der Waals surface area contributed by atoms with Crippen molar-refractivity contribution in [3.8, 4) is 0 Å². The number of aromatic amines is 1. The summed E-state index contributed by atoms with van der Waals surface area (Å²) in [5, 5.41) is 10.1. The Morgan fingerprint density at radius 1 is 1.24 bits per heavy atom. The molecule has 1 saturated heterocycles. The average molecular weight is 482 g/mol. The second-order valence-corrected chi connectivity index (χ2v) is 10.2. The Labute approximate surface area is 217 Å². The molecule has 3 heterocycles. The molecule has 1 fully saturated rings. The fraction of sp³-hybridized carbons (Fsp3) is 0.409. The van der Waals surface area contributed by atoms with Gasteiger partial charge in [0.1, 0.15) is 0 Å². The summed E-state index contributed by atoms with van der Waals surface area (Å²) in [5.41, 5.74) is 2.23. The number of rotatable bonds is 8. The van der Waals surface area contributed by atoms with Crippen molar-refractivity contribution >= 4 is 32.8 Å². The maximum Gasteiger partial charge on any atom is 1.00 e. The SMILES string of the molecule is CS(=O)(=O)N(CCc1c[nH]c2ccccc12)CC1CCN(c2ncc(C(=O)O)cn2)CC1.[H-].[Na+]. The van der Waals surface area contributed by atoms with Crippen molar-refractivity contribution < 1.29 is 49.3 Å². The zero-order valence-electron chi connectivity index (χ0n) is 19.9. The minimum absolute atomic E-state index is 0. The Bertz CT molecular complexity index is 1200. The van der Waals surface area contributed by atoms with E-state index in [4.69, 9.17) is 5.11 Å². The molecule has 0 aliphatic carbocycles. The standard InChI is InChI=1S/C22H27N5O4S.Na.H/c1-32(30,31)27(11-8-17-12-23-20-5-3-2-4-19(17)20)15-16-6-9-26(10-7-16)22-24-13-18(14-25-22)21(28)29;;/h2-5,12-14,16,23H,6-11,15H2,1H3,(H,28,29);;/q;+1;-1. The number of piperidine rings is 1. The average Bonchev–Trinajstić information content (AvgIpc) is 3.19. The van der Waals surface area contributed by atoms with Gasteiger partial charge in [-0.15, -0.1) is 0 Å². The molecule has 0 bridgehead atoms. The van der Waals surface area contributed by atoms with E-state index < -0.39 is 16.0 Å². The van der Waals surface area contributed by atoms with Crippen LogP contribution in [0.5, 0.6) is 0 Å². The molecular weight excluding hydrogens is 453 g/mol. The van der Waals surface area contributed by atoms with Crippen LogP contribution in [0.2, 0.25) is 0 Å². The Balaban J connectivity index is 0.00000204. The molecule has 33 heavy (non-hydrogen) atoms. The largest absolute Gasteiger partial charge is 1.00 e.